The van der Waals surface area contributed by atoms with Crippen molar-refractivity contribution in [1.29, 1.82) is 0 Å². The van der Waals surface area contributed by atoms with E-state index >= 15 is 0 Å². The van der Waals surface area contributed by atoms with Gasteiger partial charge in [0.15, 0.2) is 11.2 Å². The van der Waals surface area contributed by atoms with Crippen LogP contribution in [-0.4, -0.2) is 31.7 Å². The summed E-state index contributed by atoms with van der Waals surface area (Å²) in [6.07, 6.45) is 0.618. The van der Waals surface area contributed by atoms with Gasteiger partial charge in [0.1, 0.15) is 11.3 Å². The number of alkyl halides is 2. The number of ether oxygens (including phenoxy) is 1. The quantitative estimate of drug-likeness (QED) is 0.711. The zero-order chi connectivity index (χ0) is 20.4. The fraction of sp³-hybridized carbons (Fsp3) is 0.238. The molecule has 2 heterocycles. The number of rotatable bonds is 5. The molecule has 1 fully saturated rings. The third-order valence-corrected chi connectivity index (χ3v) is 4.80. The van der Waals surface area contributed by atoms with Crippen molar-refractivity contribution in [1.82, 2.24) is 5.32 Å². The summed E-state index contributed by atoms with van der Waals surface area (Å²) >= 11 is 0. The average molecular weight is 400 g/mol. The normalized spacial score (nSPS) is 16.4. The van der Waals surface area contributed by atoms with Crippen molar-refractivity contribution in [2.24, 2.45) is 0 Å². The minimum absolute atomic E-state index is 0.0615. The second-order valence-electron chi connectivity index (χ2n) is 6.72. The third-order valence-electron chi connectivity index (χ3n) is 4.80. The molecule has 6 nitrogen and oxygen atoms in total. The molecule has 1 aliphatic rings. The number of nitrogens with one attached hydrogen (secondary N) is 1. The molecule has 3 aromatic rings. The van der Waals surface area contributed by atoms with Crippen LogP contribution in [0.25, 0.3) is 11.0 Å². The Hall–Kier alpha value is -3.42. The maximum absolute atomic E-state index is 12.6. The monoisotopic (exact) mass is 400 g/mol. The van der Waals surface area contributed by atoms with E-state index in [0.29, 0.717) is 36.2 Å². The molecule has 0 spiro atoms. The second-order valence-corrected chi connectivity index (χ2v) is 6.72. The number of fused-ring (bicyclic) bond motifs is 1. The van der Waals surface area contributed by atoms with E-state index in [2.05, 4.69) is 10.1 Å². The summed E-state index contributed by atoms with van der Waals surface area (Å²) in [5.41, 5.74) is 0.598. The zero-order valence-corrected chi connectivity index (χ0v) is 15.3. The Bertz CT molecular complexity index is 1100. The molecule has 1 amide bonds. The van der Waals surface area contributed by atoms with Crippen LogP contribution in [-0.2, 0) is 0 Å². The van der Waals surface area contributed by atoms with Gasteiger partial charge in [0.05, 0.1) is 11.1 Å². The topological polar surface area (TPSA) is 71.8 Å². The molecule has 0 aliphatic carbocycles. The first-order valence-corrected chi connectivity index (χ1v) is 9.14. The molecule has 1 saturated heterocycles. The van der Waals surface area contributed by atoms with E-state index < -0.39 is 12.5 Å². The van der Waals surface area contributed by atoms with Crippen LogP contribution in [0.1, 0.15) is 17.0 Å². The maximum Gasteiger partial charge on any atom is 0.387 e. The molecule has 0 bridgehead atoms. The van der Waals surface area contributed by atoms with E-state index in [-0.39, 0.29) is 23.0 Å². The summed E-state index contributed by atoms with van der Waals surface area (Å²) in [7, 11) is 0. The van der Waals surface area contributed by atoms with E-state index in [9.17, 15) is 18.4 Å². The summed E-state index contributed by atoms with van der Waals surface area (Å²) in [5, 5.41) is 3.25. The number of para-hydroxylation sites is 3. The first-order chi connectivity index (χ1) is 14.0. The van der Waals surface area contributed by atoms with E-state index in [4.69, 9.17) is 4.42 Å². The van der Waals surface area contributed by atoms with Gasteiger partial charge in [-0.25, -0.2) is 0 Å². The average Bonchev–Trinajstić information content (AvgIpc) is 3.16. The lowest BCUT2D eigenvalue weighted by molar-refractivity contribution is -0.0495. The molecule has 2 aromatic carbocycles. The minimum Gasteiger partial charge on any atom is -0.451 e. The van der Waals surface area contributed by atoms with Crippen LogP contribution in [0.15, 0.2) is 63.8 Å². The predicted molar refractivity (Wildman–Crippen MR) is 104 cm³/mol. The summed E-state index contributed by atoms with van der Waals surface area (Å²) < 4.78 is 35.4. The summed E-state index contributed by atoms with van der Waals surface area (Å²) in [5.74, 6) is -0.458. The lowest BCUT2D eigenvalue weighted by Gasteiger charge is -2.22. The SMILES string of the molecule is O=C(NC1CCN(c2ccccc2OC(F)F)C1)c1cc(=O)c2ccccc2o1. The minimum atomic E-state index is -2.91. The highest BCUT2D eigenvalue weighted by atomic mass is 19.3. The van der Waals surface area contributed by atoms with Gasteiger partial charge < -0.3 is 19.4 Å². The van der Waals surface area contributed by atoms with Crippen LogP contribution in [0, 0.1) is 0 Å². The van der Waals surface area contributed by atoms with E-state index in [1.54, 1.807) is 42.5 Å². The van der Waals surface area contributed by atoms with Crippen molar-refractivity contribution in [2.45, 2.75) is 19.1 Å². The smallest absolute Gasteiger partial charge is 0.387 e. The highest BCUT2D eigenvalue weighted by molar-refractivity contribution is 5.93. The molecule has 1 atom stereocenters. The Morgan fingerprint density at radius 3 is 2.76 bits per heavy atom. The van der Waals surface area contributed by atoms with Gasteiger partial charge in [-0.1, -0.05) is 24.3 Å². The molecular weight excluding hydrogens is 382 g/mol. The second kappa shape index (κ2) is 7.90. The van der Waals surface area contributed by atoms with Gasteiger partial charge in [-0.3, -0.25) is 9.59 Å². The standard InChI is InChI=1S/C21H18F2N2O4/c22-21(23)29-18-8-4-2-6-15(18)25-10-9-13(12-25)24-20(27)19-11-16(26)14-5-1-3-7-17(14)28-19/h1-8,11,13,21H,9-10,12H2,(H,24,27). The van der Waals surface area contributed by atoms with Crippen molar-refractivity contribution in [3.8, 4) is 5.75 Å². The van der Waals surface area contributed by atoms with Gasteiger partial charge in [0.2, 0.25) is 0 Å². The van der Waals surface area contributed by atoms with Gasteiger partial charge in [-0.15, -0.1) is 0 Å². The van der Waals surface area contributed by atoms with Gasteiger partial charge >= 0.3 is 6.61 Å². The summed E-state index contributed by atoms with van der Waals surface area (Å²) in [6, 6.07) is 14.2. The number of carbonyl (C=O) groups is 1. The number of benzene rings is 2. The molecule has 1 aromatic heterocycles. The van der Waals surface area contributed by atoms with Crippen LogP contribution in [0.4, 0.5) is 14.5 Å². The van der Waals surface area contributed by atoms with Gasteiger partial charge in [0, 0.05) is 25.2 Å². The molecular formula is C21H18F2N2O4. The number of amides is 1. The Labute approximate surface area is 164 Å². The van der Waals surface area contributed by atoms with Crippen LogP contribution in [0.3, 0.4) is 0 Å². The molecule has 1 N–H and O–H groups in total. The third kappa shape index (κ3) is 4.06. The number of carbonyl (C=O) groups excluding carboxylic acids is 1. The van der Waals surface area contributed by atoms with E-state index in [1.165, 1.54) is 12.1 Å². The summed E-state index contributed by atoms with van der Waals surface area (Å²) in [6.45, 7) is -1.92. The molecule has 150 valence electrons. The number of hydrogen-bond acceptors (Lipinski definition) is 5. The molecule has 4 rings (SSSR count). The fourth-order valence-corrected chi connectivity index (χ4v) is 3.48. The molecule has 1 unspecified atom stereocenters. The number of anilines is 1. The van der Waals surface area contributed by atoms with Crippen LogP contribution >= 0.6 is 0 Å². The van der Waals surface area contributed by atoms with Crippen molar-refractivity contribution < 1.29 is 22.7 Å². The van der Waals surface area contributed by atoms with Gasteiger partial charge in [0.25, 0.3) is 5.91 Å². The van der Waals surface area contributed by atoms with Crippen LogP contribution in [0.5, 0.6) is 5.75 Å². The van der Waals surface area contributed by atoms with Crippen molar-refractivity contribution in [3.05, 3.63) is 70.6 Å². The lowest BCUT2D eigenvalue weighted by Crippen LogP contribution is -2.37. The van der Waals surface area contributed by atoms with Crippen molar-refractivity contribution in [3.63, 3.8) is 0 Å². The maximum atomic E-state index is 12.6. The predicted octanol–water partition coefficient (Wildman–Crippen LogP) is 3.40. The first-order valence-electron chi connectivity index (χ1n) is 9.14. The highest BCUT2D eigenvalue weighted by Gasteiger charge is 2.27. The fourth-order valence-electron chi connectivity index (χ4n) is 3.48. The zero-order valence-electron chi connectivity index (χ0n) is 15.3. The molecule has 29 heavy (non-hydrogen) atoms. The van der Waals surface area contributed by atoms with Crippen molar-refractivity contribution in [2.75, 3.05) is 18.0 Å². The molecule has 1 aliphatic heterocycles. The molecule has 0 radical (unpaired) electrons. The largest absolute Gasteiger partial charge is 0.451 e. The van der Waals surface area contributed by atoms with Gasteiger partial charge in [-0.2, -0.15) is 8.78 Å². The Morgan fingerprint density at radius 1 is 1.17 bits per heavy atom. The molecule has 0 saturated carbocycles. The Balaban J connectivity index is 1.47. The van der Waals surface area contributed by atoms with E-state index in [1.807, 2.05) is 4.90 Å². The Kier molecular flexibility index (Phi) is 5.16. The summed E-state index contributed by atoms with van der Waals surface area (Å²) in [4.78, 5) is 26.6. The highest BCUT2D eigenvalue weighted by Crippen LogP contribution is 2.31. The Morgan fingerprint density at radius 2 is 1.93 bits per heavy atom. The number of halogens is 2. The number of hydrogen-bond donors (Lipinski definition) is 1. The van der Waals surface area contributed by atoms with E-state index in [0.717, 1.165) is 0 Å². The van der Waals surface area contributed by atoms with Crippen molar-refractivity contribution >= 4 is 22.6 Å². The first kappa shape index (κ1) is 18.9. The van der Waals surface area contributed by atoms with Crippen LogP contribution in [0.2, 0.25) is 0 Å². The number of nitrogens with zero attached hydrogens (tertiary/aromatic N) is 1. The molecule has 8 heteroatoms. The lowest BCUT2D eigenvalue weighted by atomic mass is 10.2. The van der Waals surface area contributed by atoms with Gasteiger partial charge in [-0.05, 0) is 30.7 Å². The van der Waals surface area contributed by atoms with Crippen LogP contribution < -0.4 is 20.4 Å².